The van der Waals surface area contributed by atoms with E-state index in [-0.39, 0.29) is 5.41 Å². The van der Waals surface area contributed by atoms with Gasteiger partial charge in [-0.2, -0.15) is 5.26 Å². The van der Waals surface area contributed by atoms with Crippen molar-refractivity contribution in [2.75, 3.05) is 5.73 Å². The van der Waals surface area contributed by atoms with Gasteiger partial charge >= 0.3 is 0 Å². The molecule has 0 saturated carbocycles. The minimum Gasteiger partial charge on any atom is -0.383 e. The highest BCUT2D eigenvalue weighted by molar-refractivity contribution is 5.79. The Morgan fingerprint density at radius 3 is 2.46 bits per heavy atom. The molecular weight excluding hydrogens is 294 g/mol. The van der Waals surface area contributed by atoms with Crippen molar-refractivity contribution in [3.8, 4) is 17.2 Å². The Hall–Kier alpha value is -2.34. The molecule has 0 saturated heterocycles. The van der Waals surface area contributed by atoms with Gasteiger partial charge in [0.1, 0.15) is 17.5 Å². The Balaban J connectivity index is 2.20. The van der Waals surface area contributed by atoms with Gasteiger partial charge in [0.05, 0.1) is 0 Å². The lowest BCUT2D eigenvalue weighted by Gasteiger charge is -2.25. The summed E-state index contributed by atoms with van der Waals surface area (Å²) < 4.78 is 0. The summed E-state index contributed by atoms with van der Waals surface area (Å²) in [7, 11) is 0. The molecule has 2 N–H and O–H groups in total. The van der Waals surface area contributed by atoms with E-state index in [9.17, 15) is 5.26 Å². The van der Waals surface area contributed by atoms with Crippen molar-refractivity contribution in [1.82, 2.24) is 4.98 Å². The molecule has 1 atom stereocenters. The van der Waals surface area contributed by atoms with E-state index in [1.54, 1.807) is 0 Å². The van der Waals surface area contributed by atoms with Crippen molar-refractivity contribution in [2.45, 2.75) is 52.4 Å². The lowest BCUT2D eigenvalue weighted by molar-refractivity contribution is 0.495. The minimum atomic E-state index is 0.113. The van der Waals surface area contributed by atoms with Crippen LogP contribution in [-0.4, -0.2) is 4.98 Å². The second-order valence-electron chi connectivity index (χ2n) is 7.96. The number of nitrogens with zero attached hydrogens (tertiary/aromatic N) is 2. The van der Waals surface area contributed by atoms with Gasteiger partial charge in [-0.05, 0) is 47.3 Å². The van der Waals surface area contributed by atoms with Crippen LogP contribution in [0.1, 0.15) is 56.5 Å². The molecule has 0 fully saturated rings. The van der Waals surface area contributed by atoms with Crippen molar-refractivity contribution in [3.05, 3.63) is 46.6 Å². The Morgan fingerprint density at radius 1 is 1.21 bits per heavy atom. The van der Waals surface area contributed by atoms with Crippen LogP contribution >= 0.6 is 0 Å². The van der Waals surface area contributed by atoms with Gasteiger partial charge in [-0.1, -0.05) is 52.0 Å². The zero-order valence-corrected chi connectivity index (χ0v) is 15.0. The molecule has 0 radical (unpaired) electrons. The van der Waals surface area contributed by atoms with Crippen LogP contribution in [0, 0.1) is 17.2 Å². The fourth-order valence-electron chi connectivity index (χ4n) is 3.52. The molecule has 1 aromatic carbocycles. The summed E-state index contributed by atoms with van der Waals surface area (Å²) >= 11 is 0. The first-order chi connectivity index (χ1) is 11.3. The van der Waals surface area contributed by atoms with E-state index < -0.39 is 0 Å². The smallest absolute Gasteiger partial charge is 0.142 e. The monoisotopic (exact) mass is 319 g/mol. The van der Waals surface area contributed by atoms with E-state index in [2.05, 4.69) is 63.0 Å². The van der Waals surface area contributed by atoms with Gasteiger partial charge in [0.25, 0.3) is 0 Å². The van der Waals surface area contributed by atoms with Crippen molar-refractivity contribution in [1.29, 1.82) is 5.26 Å². The van der Waals surface area contributed by atoms with E-state index >= 15 is 0 Å². The van der Waals surface area contributed by atoms with E-state index in [0.717, 1.165) is 36.1 Å². The number of nitrogens with two attached hydrogens (primary N) is 1. The average molecular weight is 319 g/mol. The molecule has 1 heterocycles. The van der Waals surface area contributed by atoms with E-state index in [1.807, 2.05) is 0 Å². The Bertz CT molecular complexity index is 805. The maximum absolute atomic E-state index is 9.64. The highest BCUT2D eigenvalue weighted by atomic mass is 14.9. The molecule has 1 unspecified atom stereocenters. The molecule has 0 aliphatic heterocycles. The molecule has 1 aromatic heterocycles. The molecule has 3 heteroatoms. The number of rotatable bonds is 1. The first-order valence-electron chi connectivity index (χ1n) is 8.63. The first kappa shape index (κ1) is 16.5. The number of hydrogen-bond donors (Lipinski definition) is 1. The van der Waals surface area contributed by atoms with Gasteiger partial charge in [0.2, 0.25) is 0 Å². The van der Waals surface area contributed by atoms with Crippen molar-refractivity contribution >= 4 is 5.82 Å². The summed E-state index contributed by atoms with van der Waals surface area (Å²) in [6.07, 6.45) is 3.04. The largest absolute Gasteiger partial charge is 0.383 e. The highest BCUT2D eigenvalue weighted by Crippen LogP contribution is 2.37. The Kier molecular flexibility index (Phi) is 4.09. The van der Waals surface area contributed by atoms with Crippen LogP contribution in [0.25, 0.3) is 11.1 Å². The average Bonchev–Trinajstić information content (AvgIpc) is 2.53. The quantitative estimate of drug-likeness (QED) is 0.834. The molecule has 1 aliphatic carbocycles. The standard InChI is InChI=1S/C21H25N3/c1-13-5-10-18-16(11-13)19(17(12-22)20(23)24-18)14-6-8-15(9-7-14)21(2,3)4/h6-9,13H,5,10-11H2,1-4H3,(H2,23,24). The van der Waals surface area contributed by atoms with Crippen LogP contribution in [0.4, 0.5) is 5.82 Å². The topological polar surface area (TPSA) is 62.7 Å². The number of aryl methyl sites for hydroxylation is 1. The van der Waals surface area contributed by atoms with Gasteiger partial charge in [-0.15, -0.1) is 0 Å². The normalized spacial score (nSPS) is 17.2. The van der Waals surface area contributed by atoms with Crippen LogP contribution in [0.15, 0.2) is 24.3 Å². The molecule has 3 rings (SSSR count). The number of pyridine rings is 1. The summed E-state index contributed by atoms with van der Waals surface area (Å²) in [4.78, 5) is 4.52. The van der Waals surface area contributed by atoms with E-state index in [0.29, 0.717) is 17.3 Å². The molecule has 1 aliphatic rings. The molecule has 0 amide bonds. The molecule has 3 nitrogen and oxygen atoms in total. The zero-order chi connectivity index (χ0) is 17.5. The summed E-state index contributed by atoms with van der Waals surface area (Å²) in [6.45, 7) is 8.88. The van der Waals surface area contributed by atoms with Gasteiger partial charge < -0.3 is 5.73 Å². The maximum Gasteiger partial charge on any atom is 0.142 e. The fourth-order valence-corrected chi connectivity index (χ4v) is 3.52. The summed E-state index contributed by atoms with van der Waals surface area (Å²) in [6, 6.07) is 10.8. The summed E-state index contributed by atoms with van der Waals surface area (Å²) in [5.74, 6) is 0.975. The van der Waals surface area contributed by atoms with Gasteiger partial charge in [-0.25, -0.2) is 4.98 Å². The predicted octanol–water partition coefficient (Wildman–Crippen LogP) is 4.62. The summed E-state index contributed by atoms with van der Waals surface area (Å²) in [5.41, 5.74) is 12.4. The third-order valence-electron chi connectivity index (χ3n) is 4.99. The van der Waals surface area contributed by atoms with Crippen LogP contribution in [-0.2, 0) is 18.3 Å². The van der Waals surface area contributed by atoms with Crippen LogP contribution in [0.2, 0.25) is 0 Å². The fraction of sp³-hybridized carbons (Fsp3) is 0.429. The highest BCUT2D eigenvalue weighted by Gasteiger charge is 2.25. The Labute approximate surface area is 144 Å². The van der Waals surface area contributed by atoms with E-state index in [1.165, 1.54) is 11.1 Å². The van der Waals surface area contributed by atoms with Gasteiger partial charge in [0, 0.05) is 11.3 Å². The van der Waals surface area contributed by atoms with E-state index in [4.69, 9.17) is 5.73 Å². The number of nitriles is 1. The minimum absolute atomic E-state index is 0.113. The van der Waals surface area contributed by atoms with Crippen LogP contribution in [0.5, 0.6) is 0 Å². The molecular formula is C21H25N3. The number of benzene rings is 1. The number of hydrogen-bond acceptors (Lipinski definition) is 3. The predicted molar refractivity (Wildman–Crippen MR) is 98.7 cm³/mol. The first-order valence-corrected chi connectivity index (χ1v) is 8.63. The van der Waals surface area contributed by atoms with Crippen molar-refractivity contribution in [2.24, 2.45) is 5.92 Å². The van der Waals surface area contributed by atoms with Crippen molar-refractivity contribution in [3.63, 3.8) is 0 Å². The molecule has 0 spiro atoms. The maximum atomic E-state index is 9.64. The third-order valence-corrected chi connectivity index (χ3v) is 4.99. The lowest BCUT2D eigenvalue weighted by Crippen LogP contribution is -2.17. The number of aromatic nitrogens is 1. The third kappa shape index (κ3) is 2.89. The second-order valence-corrected chi connectivity index (χ2v) is 7.96. The number of fused-ring (bicyclic) bond motifs is 1. The molecule has 0 bridgehead atoms. The van der Waals surface area contributed by atoms with Gasteiger partial charge in [0.15, 0.2) is 0 Å². The SMILES string of the molecule is CC1CCc2nc(N)c(C#N)c(-c3ccc(C(C)(C)C)cc3)c2C1. The zero-order valence-electron chi connectivity index (χ0n) is 15.0. The molecule has 2 aromatic rings. The summed E-state index contributed by atoms with van der Waals surface area (Å²) in [5, 5.41) is 9.64. The molecule has 124 valence electrons. The Morgan fingerprint density at radius 2 is 1.88 bits per heavy atom. The van der Waals surface area contributed by atoms with Crippen LogP contribution in [0.3, 0.4) is 0 Å². The van der Waals surface area contributed by atoms with Crippen LogP contribution < -0.4 is 5.73 Å². The lowest BCUT2D eigenvalue weighted by atomic mass is 9.81. The van der Waals surface area contributed by atoms with Gasteiger partial charge in [-0.3, -0.25) is 0 Å². The number of nitrogen functional groups attached to an aromatic ring is 1. The second kappa shape index (κ2) is 5.94. The van der Waals surface area contributed by atoms with Crippen molar-refractivity contribution < 1.29 is 0 Å². The number of anilines is 1. The molecule has 24 heavy (non-hydrogen) atoms.